The number of imidazole rings is 1. The monoisotopic (exact) mass is 436 g/mol. The summed E-state index contributed by atoms with van der Waals surface area (Å²) in [6.07, 6.45) is 11.4. The summed E-state index contributed by atoms with van der Waals surface area (Å²) < 4.78 is 1.92. The Labute approximate surface area is 185 Å². The number of benzene rings is 1. The minimum absolute atomic E-state index is 0.255. The lowest BCUT2D eigenvalue weighted by atomic mass is 9.77. The molecule has 0 radical (unpaired) electrons. The second-order valence-corrected chi connectivity index (χ2v) is 8.46. The predicted octanol–water partition coefficient (Wildman–Crippen LogP) is 3.66. The van der Waals surface area contributed by atoms with E-state index in [1.165, 1.54) is 0 Å². The number of halogens is 1. The van der Waals surface area contributed by atoms with E-state index in [2.05, 4.69) is 37.1 Å². The van der Waals surface area contributed by atoms with Crippen LogP contribution in [-0.4, -0.2) is 31.3 Å². The highest BCUT2D eigenvalue weighted by molar-refractivity contribution is 6.28. The molecule has 0 saturated heterocycles. The number of anilines is 2. The summed E-state index contributed by atoms with van der Waals surface area (Å²) in [6.45, 7) is 0. The summed E-state index contributed by atoms with van der Waals surface area (Å²) >= 11 is 5.90. The summed E-state index contributed by atoms with van der Waals surface area (Å²) in [7, 11) is 0. The van der Waals surface area contributed by atoms with Gasteiger partial charge < -0.3 is 21.8 Å². The van der Waals surface area contributed by atoms with Gasteiger partial charge in [0.2, 0.25) is 5.28 Å². The quantitative estimate of drug-likeness (QED) is 0.452. The van der Waals surface area contributed by atoms with E-state index in [1.807, 2.05) is 47.3 Å². The maximum atomic E-state index is 6.94. The number of nitrogens with two attached hydrogens (primary N) is 1. The van der Waals surface area contributed by atoms with E-state index in [4.69, 9.17) is 17.3 Å². The van der Waals surface area contributed by atoms with E-state index in [1.54, 1.807) is 12.4 Å². The summed E-state index contributed by atoms with van der Waals surface area (Å²) in [5.74, 6) is 1.86. The molecule has 5 rings (SSSR count). The van der Waals surface area contributed by atoms with Gasteiger partial charge in [-0.1, -0.05) is 18.2 Å². The third-order valence-corrected chi connectivity index (χ3v) is 6.19. The first-order valence-electron chi connectivity index (χ1n) is 10.5. The molecule has 1 unspecified atom stereocenters. The van der Waals surface area contributed by atoms with Gasteiger partial charge in [0.1, 0.15) is 11.5 Å². The fraction of sp³-hybridized carbons (Fsp3) is 0.318. The van der Waals surface area contributed by atoms with Crippen molar-refractivity contribution in [3.05, 3.63) is 72.2 Å². The highest BCUT2D eigenvalue weighted by Gasteiger charge is 2.39. The maximum absolute atomic E-state index is 6.94. The third kappa shape index (κ3) is 4.22. The van der Waals surface area contributed by atoms with Crippen LogP contribution in [0.2, 0.25) is 5.28 Å². The molecule has 1 aliphatic carbocycles. The molecule has 0 amide bonds. The Morgan fingerprint density at radius 1 is 1.06 bits per heavy atom. The van der Waals surface area contributed by atoms with Crippen LogP contribution < -0.4 is 21.8 Å². The van der Waals surface area contributed by atoms with Crippen molar-refractivity contribution in [2.24, 2.45) is 11.7 Å². The molecule has 0 spiro atoms. The zero-order valence-electron chi connectivity index (χ0n) is 17.0. The summed E-state index contributed by atoms with van der Waals surface area (Å²) in [5.41, 5.74) is 11.6. The lowest BCUT2D eigenvalue weighted by Crippen LogP contribution is -2.58. The molecule has 9 heteroatoms. The predicted molar refractivity (Wildman–Crippen MR) is 123 cm³/mol. The topological polar surface area (TPSA) is 106 Å². The Morgan fingerprint density at radius 3 is 2.65 bits per heavy atom. The van der Waals surface area contributed by atoms with Gasteiger partial charge in [0.15, 0.2) is 5.82 Å². The van der Waals surface area contributed by atoms with Gasteiger partial charge in [-0.25, -0.2) is 19.6 Å². The van der Waals surface area contributed by atoms with Gasteiger partial charge in [0, 0.05) is 36.2 Å². The van der Waals surface area contributed by atoms with E-state index in [0.717, 1.165) is 48.7 Å². The van der Waals surface area contributed by atoms with Crippen molar-refractivity contribution in [3.8, 4) is 0 Å². The second-order valence-electron chi connectivity index (χ2n) is 8.12. The molecule has 2 aliphatic rings. The Bertz CT molecular complexity index is 1070. The number of fused-ring (bicyclic) bond motifs is 1. The fourth-order valence-electron chi connectivity index (χ4n) is 4.46. The molecule has 160 valence electrons. The molecular formula is C22H25ClN8. The number of aromatic nitrogens is 4. The number of nitrogens with zero attached hydrogens (tertiary/aromatic N) is 4. The van der Waals surface area contributed by atoms with Crippen molar-refractivity contribution in [2.45, 2.75) is 37.4 Å². The minimum atomic E-state index is -0.673. The van der Waals surface area contributed by atoms with E-state index >= 15 is 0 Å². The molecule has 0 bridgehead atoms. The SMILES string of the molecule is NC1(C2CCC(Nc3ccnc(Cl)n3)CC2)C=C(Nc2ccccc2)c2nccn2N1. The number of para-hydroxylation sites is 1. The summed E-state index contributed by atoms with van der Waals surface area (Å²) in [6, 6.07) is 12.3. The molecule has 1 aliphatic heterocycles. The van der Waals surface area contributed by atoms with Crippen LogP contribution in [0.1, 0.15) is 31.5 Å². The van der Waals surface area contributed by atoms with Crippen LogP contribution >= 0.6 is 11.6 Å². The molecule has 3 aromatic rings. The fourth-order valence-corrected chi connectivity index (χ4v) is 4.60. The van der Waals surface area contributed by atoms with Crippen LogP contribution in [0.4, 0.5) is 11.5 Å². The minimum Gasteiger partial charge on any atom is -0.367 e. The van der Waals surface area contributed by atoms with Crippen LogP contribution in [-0.2, 0) is 0 Å². The largest absolute Gasteiger partial charge is 0.367 e. The van der Waals surface area contributed by atoms with Crippen LogP contribution in [0.25, 0.3) is 5.70 Å². The van der Waals surface area contributed by atoms with E-state index < -0.39 is 5.66 Å². The number of hydrogen-bond acceptors (Lipinski definition) is 7. The summed E-state index contributed by atoms with van der Waals surface area (Å²) in [4.78, 5) is 12.7. The van der Waals surface area contributed by atoms with Crippen molar-refractivity contribution >= 4 is 28.8 Å². The van der Waals surface area contributed by atoms with Gasteiger partial charge in [-0.05, 0) is 61.6 Å². The Morgan fingerprint density at radius 2 is 1.87 bits per heavy atom. The van der Waals surface area contributed by atoms with Crippen molar-refractivity contribution in [1.29, 1.82) is 0 Å². The first-order chi connectivity index (χ1) is 15.1. The van der Waals surface area contributed by atoms with Gasteiger partial charge in [0.25, 0.3) is 0 Å². The van der Waals surface area contributed by atoms with E-state index in [-0.39, 0.29) is 11.2 Å². The van der Waals surface area contributed by atoms with Gasteiger partial charge in [-0.3, -0.25) is 0 Å². The lowest BCUT2D eigenvalue weighted by Gasteiger charge is -2.43. The first-order valence-corrected chi connectivity index (χ1v) is 10.9. The van der Waals surface area contributed by atoms with Crippen LogP contribution in [0, 0.1) is 5.92 Å². The lowest BCUT2D eigenvalue weighted by molar-refractivity contribution is 0.244. The van der Waals surface area contributed by atoms with Gasteiger partial charge in [0.05, 0.1) is 5.70 Å². The average molecular weight is 437 g/mol. The highest BCUT2D eigenvalue weighted by Crippen LogP contribution is 2.36. The number of nitrogens with one attached hydrogen (secondary N) is 3. The average Bonchev–Trinajstić information content (AvgIpc) is 3.23. The summed E-state index contributed by atoms with van der Waals surface area (Å²) in [5, 5.41) is 7.21. The molecule has 1 aromatic carbocycles. The smallest absolute Gasteiger partial charge is 0.224 e. The molecule has 1 fully saturated rings. The number of rotatable bonds is 5. The molecule has 8 nitrogen and oxygen atoms in total. The molecule has 1 atom stereocenters. The third-order valence-electron chi connectivity index (χ3n) is 6.01. The number of hydrogen-bond donors (Lipinski definition) is 4. The van der Waals surface area contributed by atoms with Crippen molar-refractivity contribution in [2.75, 3.05) is 16.1 Å². The van der Waals surface area contributed by atoms with Crippen LogP contribution in [0.3, 0.4) is 0 Å². The zero-order chi connectivity index (χ0) is 21.3. The Hall–Kier alpha value is -3.10. The van der Waals surface area contributed by atoms with Crippen LogP contribution in [0.15, 0.2) is 61.1 Å². The van der Waals surface area contributed by atoms with E-state index in [9.17, 15) is 0 Å². The van der Waals surface area contributed by atoms with Crippen molar-refractivity contribution in [3.63, 3.8) is 0 Å². The molecular weight excluding hydrogens is 412 g/mol. The Kier molecular flexibility index (Phi) is 5.25. The molecule has 3 heterocycles. The normalized spacial score (nSPS) is 25.2. The second kappa shape index (κ2) is 8.20. The molecule has 1 saturated carbocycles. The highest BCUT2D eigenvalue weighted by atomic mass is 35.5. The van der Waals surface area contributed by atoms with Crippen molar-refractivity contribution < 1.29 is 0 Å². The molecule has 31 heavy (non-hydrogen) atoms. The maximum Gasteiger partial charge on any atom is 0.224 e. The zero-order valence-corrected chi connectivity index (χ0v) is 17.8. The van der Waals surface area contributed by atoms with Gasteiger partial charge in [-0.15, -0.1) is 0 Å². The van der Waals surface area contributed by atoms with Crippen LogP contribution in [0.5, 0.6) is 0 Å². The van der Waals surface area contributed by atoms with Gasteiger partial charge >= 0.3 is 0 Å². The Balaban J connectivity index is 1.31. The molecule has 5 N–H and O–H groups in total. The van der Waals surface area contributed by atoms with Gasteiger partial charge in [-0.2, -0.15) is 0 Å². The van der Waals surface area contributed by atoms with E-state index in [0.29, 0.717) is 6.04 Å². The molecule has 2 aromatic heterocycles. The standard InChI is InChI=1S/C22H25ClN8/c23-21-26-11-10-19(29-21)28-17-8-6-15(7-9-17)22(24)14-18(20-25-12-13-31(20)30-22)27-16-4-2-1-3-5-16/h1-5,10-15,17,27,30H,6-9,24H2,(H,26,28,29). The van der Waals surface area contributed by atoms with Crippen molar-refractivity contribution in [1.82, 2.24) is 19.6 Å². The first kappa shape index (κ1) is 19.8.